The van der Waals surface area contributed by atoms with Crippen molar-refractivity contribution in [1.82, 2.24) is 0 Å². The summed E-state index contributed by atoms with van der Waals surface area (Å²) in [7, 11) is 0. The summed E-state index contributed by atoms with van der Waals surface area (Å²) >= 11 is 0. The molecule has 0 saturated heterocycles. The molecule has 0 fully saturated rings. The zero-order chi connectivity index (χ0) is 10.6. The zero-order valence-corrected chi connectivity index (χ0v) is 9.09. The van der Waals surface area contributed by atoms with Crippen LogP contribution in [0.1, 0.15) is 42.9 Å². The van der Waals surface area contributed by atoms with E-state index < -0.39 is 0 Å². The standard InChI is InChI=1S/C14H18/c1-5-11(4)14-9-12(6-2)8-13(7-3)10-14/h6-11H,2-3,5H2,1,4H3. The van der Waals surface area contributed by atoms with Crippen molar-refractivity contribution in [2.24, 2.45) is 0 Å². The van der Waals surface area contributed by atoms with Gasteiger partial charge in [0.15, 0.2) is 0 Å². The van der Waals surface area contributed by atoms with E-state index in [1.807, 2.05) is 12.2 Å². The molecule has 0 spiro atoms. The van der Waals surface area contributed by atoms with Gasteiger partial charge in [-0.2, -0.15) is 0 Å². The van der Waals surface area contributed by atoms with Gasteiger partial charge in [0.25, 0.3) is 0 Å². The Morgan fingerprint density at radius 1 is 1.14 bits per heavy atom. The average molecular weight is 186 g/mol. The maximum Gasteiger partial charge on any atom is -0.0193 e. The van der Waals surface area contributed by atoms with E-state index in [9.17, 15) is 0 Å². The summed E-state index contributed by atoms with van der Waals surface area (Å²) in [5.41, 5.74) is 3.73. The minimum atomic E-state index is 0.605. The monoisotopic (exact) mass is 186 g/mol. The molecule has 1 unspecified atom stereocenters. The molecule has 74 valence electrons. The van der Waals surface area contributed by atoms with Crippen molar-refractivity contribution < 1.29 is 0 Å². The van der Waals surface area contributed by atoms with E-state index in [0.717, 1.165) is 6.42 Å². The Labute approximate surface area is 87.0 Å². The van der Waals surface area contributed by atoms with E-state index >= 15 is 0 Å². The molecule has 1 rings (SSSR count). The maximum absolute atomic E-state index is 3.80. The molecule has 1 atom stereocenters. The molecular formula is C14H18. The van der Waals surface area contributed by atoms with Gasteiger partial charge in [-0.1, -0.05) is 51.3 Å². The van der Waals surface area contributed by atoms with Crippen molar-refractivity contribution in [2.75, 3.05) is 0 Å². The van der Waals surface area contributed by atoms with Gasteiger partial charge in [0.1, 0.15) is 0 Å². The fourth-order valence-electron chi connectivity index (χ4n) is 1.46. The fraction of sp³-hybridized carbons (Fsp3) is 0.286. The summed E-state index contributed by atoms with van der Waals surface area (Å²) in [4.78, 5) is 0. The molecule has 0 aliphatic carbocycles. The summed E-state index contributed by atoms with van der Waals surface area (Å²) in [5, 5.41) is 0. The van der Waals surface area contributed by atoms with Gasteiger partial charge in [0.2, 0.25) is 0 Å². The lowest BCUT2D eigenvalue weighted by molar-refractivity contribution is 0.733. The van der Waals surface area contributed by atoms with Crippen molar-refractivity contribution in [3.63, 3.8) is 0 Å². The van der Waals surface area contributed by atoms with Crippen LogP contribution in [0, 0.1) is 0 Å². The first-order valence-electron chi connectivity index (χ1n) is 5.11. The van der Waals surface area contributed by atoms with Gasteiger partial charge >= 0.3 is 0 Å². The second-order valence-corrected chi connectivity index (χ2v) is 3.65. The average Bonchev–Trinajstić information content (AvgIpc) is 2.27. The molecule has 0 N–H and O–H groups in total. The lowest BCUT2D eigenvalue weighted by Gasteiger charge is -2.11. The van der Waals surface area contributed by atoms with Gasteiger partial charge < -0.3 is 0 Å². The number of rotatable bonds is 4. The molecular weight excluding hydrogens is 168 g/mol. The van der Waals surface area contributed by atoms with Crippen LogP contribution in [0.25, 0.3) is 12.2 Å². The second kappa shape index (κ2) is 4.80. The Morgan fingerprint density at radius 2 is 1.64 bits per heavy atom. The molecule has 0 nitrogen and oxygen atoms in total. The molecule has 0 heteroatoms. The predicted octanol–water partition coefficient (Wildman–Crippen LogP) is 4.49. The lowest BCUT2D eigenvalue weighted by Crippen LogP contribution is -1.92. The Hall–Kier alpha value is -1.30. The first-order valence-corrected chi connectivity index (χ1v) is 5.11. The highest BCUT2D eigenvalue weighted by atomic mass is 14.1. The highest BCUT2D eigenvalue weighted by molar-refractivity contribution is 5.57. The number of hydrogen-bond donors (Lipinski definition) is 0. The van der Waals surface area contributed by atoms with E-state index in [0.29, 0.717) is 5.92 Å². The SMILES string of the molecule is C=Cc1cc(C=C)cc(C(C)CC)c1. The highest BCUT2D eigenvalue weighted by Crippen LogP contribution is 2.22. The highest BCUT2D eigenvalue weighted by Gasteiger charge is 2.04. The predicted molar refractivity (Wildman–Crippen MR) is 65.3 cm³/mol. The minimum absolute atomic E-state index is 0.605. The van der Waals surface area contributed by atoms with Crippen LogP contribution in [0.5, 0.6) is 0 Å². The quantitative estimate of drug-likeness (QED) is 0.650. The van der Waals surface area contributed by atoms with Gasteiger partial charge in [-0.05, 0) is 35.1 Å². The van der Waals surface area contributed by atoms with Crippen LogP contribution in [0.3, 0.4) is 0 Å². The van der Waals surface area contributed by atoms with Gasteiger partial charge in [0, 0.05) is 0 Å². The summed E-state index contributed by atoms with van der Waals surface area (Å²) in [5.74, 6) is 0.605. The van der Waals surface area contributed by atoms with Crippen LogP contribution in [-0.4, -0.2) is 0 Å². The van der Waals surface area contributed by atoms with E-state index in [4.69, 9.17) is 0 Å². The summed E-state index contributed by atoms with van der Waals surface area (Å²) in [6.07, 6.45) is 4.94. The molecule has 0 bridgehead atoms. The van der Waals surface area contributed by atoms with Crippen molar-refractivity contribution in [2.45, 2.75) is 26.2 Å². The van der Waals surface area contributed by atoms with E-state index in [1.54, 1.807) is 0 Å². The van der Waals surface area contributed by atoms with Gasteiger partial charge in [-0.25, -0.2) is 0 Å². The molecule has 0 aliphatic heterocycles. The molecule has 0 amide bonds. The largest absolute Gasteiger partial charge is 0.0985 e. The van der Waals surface area contributed by atoms with E-state index in [2.05, 4.69) is 45.2 Å². The molecule has 0 heterocycles. The molecule has 0 aliphatic rings. The number of benzene rings is 1. The third-order valence-corrected chi connectivity index (χ3v) is 2.65. The smallest absolute Gasteiger partial charge is 0.0193 e. The van der Waals surface area contributed by atoms with Crippen LogP contribution in [0.2, 0.25) is 0 Å². The summed E-state index contributed by atoms with van der Waals surface area (Å²) in [6, 6.07) is 6.51. The molecule has 1 aromatic rings. The van der Waals surface area contributed by atoms with Crippen LogP contribution >= 0.6 is 0 Å². The van der Waals surface area contributed by atoms with Crippen molar-refractivity contribution in [3.8, 4) is 0 Å². The van der Waals surface area contributed by atoms with Crippen molar-refractivity contribution in [3.05, 3.63) is 48.0 Å². The fourth-order valence-corrected chi connectivity index (χ4v) is 1.46. The topological polar surface area (TPSA) is 0 Å². The lowest BCUT2D eigenvalue weighted by atomic mass is 9.94. The third-order valence-electron chi connectivity index (χ3n) is 2.65. The Balaban J connectivity index is 3.16. The Morgan fingerprint density at radius 3 is 2.00 bits per heavy atom. The molecule has 14 heavy (non-hydrogen) atoms. The molecule has 0 saturated carbocycles. The van der Waals surface area contributed by atoms with Crippen LogP contribution in [0.4, 0.5) is 0 Å². The normalized spacial score (nSPS) is 12.1. The van der Waals surface area contributed by atoms with Gasteiger partial charge in [-0.15, -0.1) is 0 Å². The molecule has 0 aromatic heterocycles. The maximum atomic E-state index is 3.80. The summed E-state index contributed by atoms with van der Waals surface area (Å²) < 4.78 is 0. The van der Waals surface area contributed by atoms with Crippen molar-refractivity contribution >= 4 is 12.2 Å². The molecule has 1 aromatic carbocycles. The van der Waals surface area contributed by atoms with E-state index in [-0.39, 0.29) is 0 Å². The third kappa shape index (κ3) is 2.35. The Bertz CT molecular complexity index is 308. The Kier molecular flexibility index (Phi) is 3.70. The minimum Gasteiger partial charge on any atom is -0.0985 e. The molecule has 0 radical (unpaired) electrons. The van der Waals surface area contributed by atoms with E-state index in [1.165, 1.54) is 16.7 Å². The van der Waals surface area contributed by atoms with Crippen molar-refractivity contribution in [1.29, 1.82) is 0 Å². The first kappa shape index (κ1) is 10.8. The van der Waals surface area contributed by atoms with Crippen LogP contribution in [-0.2, 0) is 0 Å². The summed E-state index contributed by atoms with van der Waals surface area (Å²) in [6.45, 7) is 12.0. The first-order chi connectivity index (χ1) is 6.71. The number of hydrogen-bond acceptors (Lipinski definition) is 0. The second-order valence-electron chi connectivity index (χ2n) is 3.65. The van der Waals surface area contributed by atoms with Gasteiger partial charge in [0.05, 0.1) is 0 Å². The van der Waals surface area contributed by atoms with Crippen LogP contribution in [0.15, 0.2) is 31.4 Å². The zero-order valence-electron chi connectivity index (χ0n) is 9.09. The van der Waals surface area contributed by atoms with Crippen LogP contribution < -0.4 is 0 Å². The van der Waals surface area contributed by atoms with Gasteiger partial charge in [-0.3, -0.25) is 0 Å².